The molecular formula is C30H25N3O2S2. The lowest BCUT2D eigenvalue weighted by molar-refractivity contribution is -0.122. The van der Waals surface area contributed by atoms with Crippen LogP contribution in [0.3, 0.4) is 0 Å². The largest absolute Gasteiger partial charge is 0.490 e. The van der Waals surface area contributed by atoms with E-state index in [0.717, 1.165) is 33.8 Å². The van der Waals surface area contributed by atoms with Crippen molar-refractivity contribution >= 4 is 40.3 Å². The fraction of sp³-hybridized carbons (Fsp3) is 0.100. The number of para-hydroxylation sites is 1. The number of thiocarbonyl (C=S) groups is 1. The third-order valence-corrected chi connectivity index (χ3v) is 7.26. The number of carbonyl (C=O) groups is 1. The number of amides is 1. The lowest BCUT2D eigenvalue weighted by atomic mass is 10.1. The molecule has 0 radical (unpaired) electrons. The van der Waals surface area contributed by atoms with Crippen LogP contribution in [0.2, 0.25) is 0 Å². The number of benzene rings is 3. The van der Waals surface area contributed by atoms with Crippen LogP contribution in [0.25, 0.3) is 23.0 Å². The zero-order valence-corrected chi connectivity index (χ0v) is 22.0. The van der Waals surface area contributed by atoms with Crippen molar-refractivity contribution in [3.63, 3.8) is 0 Å². The van der Waals surface area contributed by atoms with Gasteiger partial charge in [-0.1, -0.05) is 84.7 Å². The molecule has 0 atom stereocenters. The Morgan fingerprint density at radius 3 is 2.46 bits per heavy atom. The average Bonchev–Trinajstić information content (AvgIpc) is 3.46. The molecule has 5 rings (SSSR count). The van der Waals surface area contributed by atoms with Gasteiger partial charge in [-0.05, 0) is 55.0 Å². The second-order valence-corrected chi connectivity index (χ2v) is 10.3. The Bertz CT molecular complexity index is 1470. The summed E-state index contributed by atoms with van der Waals surface area (Å²) in [5.74, 6) is 0.659. The minimum absolute atomic E-state index is 0.0952. The zero-order chi connectivity index (χ0) is 25.8. The van der Waals surface area contributed by atoms with Crippen LogP contribution in [0.15, 0.2) is 103 Å². The summed E-state index contributed by atoms with van der Waals surface area (Å²) in [5.41, 5.74) is 5.67. The molecule has 1 amide bonds. The SMILES string of the molecule is C=CCOc1ccc(-c2nn(-c3ccccc3)cc2/C=C2\SC(=S)N(Cc3ccc(C)cc3)C2=O)cc1. The highest BCUT2D eigenvalue weighted by molar-refractivity contribution is 8.26. The number of ether oxygens (including phenoxy) is 1. The third kappa shape index (κ3) is 5.58. The third-order valence-electron chi connectivity index (χ3n) is 5.88. The molecule has 7 heteroatoms. The second kappa shape index (κ2) is 11.0. The molecule has 1 aromatic heterocycles. The minimum atomic E-state index is -0.0952. The van der Waals surface area contributed by atoms with E-state index in [-0.39, 0.29) is 5.91 Å². The van der Waals surface area contributed by atoms with Gasteiger partial charge in [0.15, 0.2) is 0 Å². The number of thioether (sulfide) groups is 1. The highest BCUT2D eigenvalue weighted by Crippen LogP contribution is 2.36. The highest BCUT2D eigenvalue weighted by Gasteiger charge is 2.32. The van der Waals surface area contributed by atoms with Crippen molar-refractivity contribution in [2.24, 2.45) is 0 Å². The van der Waals surface area contributed by atoms with Crippen molar-refractivity contribution in [1.82, 2.24) is 14.7 Å². The Labute approximate surface area is 226 Å². The Morgan fingerprint density at radius 2 is 1.76 bits per heavy atom. The van der Waals surface area contributed by atoms with Crippen LogP contribution in [0, 0.1) is 6.92 Å². The molecular weight excluding hydrogens is 498 g/mol. The van der Waals surface area contributed by atoms with E-state index in [1.165, 1.54) is 17.3 Å². The smallest absolute Gasteiger partial charge is 0.266 e. The molecule has 184 valence electrons. The van der Waals surface area contributed by atoms with Crippen LogP contribution >= 0.6 is 24.0 Å². The first-order valence-corrected chi connectivity index (χ1v) is 13.0. The number of hydrogen-bond donors (Lipinski definition) is 0. The fourth-order valence-electron chi connectivity index (χ4n) is 3.95. The molecule has 0 aliphatic carbocycles. The molecule has 1 aliphatic rings. The van der Waals surface area contributed by atoms with Crippen LogP contribution in [0.5, 0.6) is 5.75 Å². The van der Waals surface area contributed by atoms with Gasteiger partial charge in [0.05, 0.1) is 22.8 Å². The maximum atomic E-state index is 13.4. The van der Waals surface area contributed by atoms with Crippen molar-refractivity contribution in [1.29, 1.82) is 0 Å². The zero-order valence-electron chi connectivity index (χ0n) is 20.3. The summed E-state index contributed by atoms with van der Waals surface area (Å²) in [4.78, 5) is 15.6. The summed E-state index contributed by atoms with van der Waals surface area (Å²) in [6, 6.07) is 25.8. The quantitative estimate of drug-likeness (QED) is 0.144. The molecule has 4 aromatic rings. The van der Waals surface area contributed by atoms with E-state index in [4.69, 9.17) is 22.1 Å². The van der Waals surface area contributed by atoms with Crippen molar-refractivity contribution in [2.75, 3.05) is 6.61 Å². The molecule has 0 saturated carbocycles. The molecule has 5 nitrogen and oxygen atoms in total. The molecule has 3 aromatic carbocycles. The molecule has 37 heavy (non-hydrogen) atoms. The number of aromatic nitrogens is 2. The Hall–Kier alpha value is -3.94. The van der Waals surface area contributed by atoms with Gasteiger partial charge >= 0.3 is 0 Å². The fourth-order valence-corrected chi connectivity index (χ4v) is 5.19. The van der Waals surface area contributed by atoms with E-state index < -0.39 is 0 Å². The first kappa shape index (κ1) is 24.7. The van der Waals surface area contributed by atoms with Crippen molar-refractivity contribution < 1.29 is 9.53 Å². The lowest BCUT2D eigenvalue weighted by Gasteiger charge is -2.14. The summed E-state index contributed by atoms with van der Waals surface area (Å²) < 4.78 is 8.01. The van der Waals surface area contributed by atoms with Gasteiger partial charge in [-0.25, -0.2) is 4.68 Å². The van der Waals surface area contributed by atoms with E-state index in [0.29, 0.717) is 22.4 Å². The molecule has 1 fully saturated rings. The second-order valence-electron chi connectivity index (χ2n) is 8.59. The number of hydrogen-bond acceptors (Lipinski definition) is 5. The lowest BCUT2D eigenvalue weighted by Crippen LogP contribution is -2.27. The van der Waals surface area contributed by atoms with E-state index in [2.05, 4.69) is 6.58 Å². The van der Waals surface area contributed by atoms with E-state index in [1.807, 2.05) is 103 Å². The van der Waals surface area contributed by atoms with E-state index in [1.54, 1.807) is 11.0 Å². The van der Waals surface area contributed by atoms with Gasteiger partial charge in [-0.15, -0.1) is 0 Å². The van der Waals surface area contributed by atoms with Gasteiger partial charge in [-0.2, -0.15) is 5.10 Å². The molecule has 0 bridgehead atoms. The summed E-state index contributed by atoms with van der Waals surface area (Å²) in [5, 5.41) is 4.87. The molecule has 1 saturated heterocycles. The van der Waals surface area contributed by atoms with Crippen LogP contribution in [0.1, 0.15) is 16.7 Å². The van der Waals surface area contributed by atoms with Gasteiger partial charge in [0, 0.05) is 17.3 Å². The van der Waals surface area contributed by atoms with Crippen LogP contribution < -0.4 is 4.74 Å². The minimum Gasteiger partial charge on any atom is -0.490 e. The van der Waals surface area contributed by atoms with Crippen LogP contribution in [0.4, 0.5) is 0 Å². The summed E-state index contributed by atoms with van der Waals surface area (Å²) in [7, 11) is 0. The number of nitrogens with zero attached hydrogens (tertiary/aromatic N) is 3. The maximum absolute atomic E-state index is 13.4. The Balaban J connectivity index is 1.48. The maximum Gasteiger partial charge on any atom is 0.266 e. The predicted molar refractivity (Wildman–Crippen MR) is 155 cm³/mol. The average molecular weight is 524 g/mol. The van der Waals surface area contributed by atoms with Gasteiger partial charge < -0.3 is 4.74 Å². The molecule has 0 N–H and O–H groups in total. The van der Waals surface area contributed by atoms with Crippen molar-refractivity contribution in [2.45, 2.75) is 13.5 Å². The van der Waals surface area contributed by atoms with Crippen LogP contribution in [-0.2, 0) is 11.3 Å². The Morgan fingerprint density at radius 1 is 1.03 bits per heavy atom. The first-order chi connectivity index (χ1) is 18.0. The normalized spacial score (nSPS) is 14.4. The Kier molecular flexibility index (Phi) is 7.35. The number of carbonyl (C=O) groups excluding carboxylic acids is 1. The number of rotatable bonds is 8. The molecule has 2 heterocycles. The standard InChI is InChI=1S/C30H25N3O2S2/c1-3-17-35-26-15-13-23(14-16-26)28-24(20-33(31-28)25-7-5-4-6-8-25)18-27-29(34)32(30(36)37-27)19-22-11-9-21(2)10-12-22/h3-16,18,20H,1,17,19H2,2H3/b27-18-. The predicted octanol–water partition coefficient (Wildman–Crippen LogP) is 6.81. The van der Waals surface area contributed by atoms with Crippen molar-refractivity contribution in [3.8, 4) is 22.7 Å². The molecule has 0 spiro atoms. The highest BCUT2D eigenvalue weighted by atomic mass is 32.2. The van der Waals surface area contributed by atoms with Gasteiger partial charge in [0.2, 0.25) is 0 Å². The topological polar surface area (TPSA) is 47.4 Å². The summed E-state index contributed by atoms with van der Waals surface area (Å²) in [6.45, 7) is 6.62. The summed E-state index contributed by atoms with van der Waals surface area (Å²) in [6.07, 6.45) is 5.54. The monoisotopic (exact) mass is 523 g/mol. The number of aryl methyl sites for hydroxylation is 1. The van der Waals surface area contributed by atoms with E-state index >= 15 is 0 Å². The van der Waals surface area contributed by atoms with Crippen molar-refractivity contribution in [3.05, 3.63) is 119 Å². The van der Waals surface area contributed by atoms with Gasteiger partial charge in [-0.3, -0.25) is 9.69 Å². The van der Waals surface area contributed by atoms with Gasteiger partial charge in [0.25, 0.3) is 5.91 Å². The van der Waals surface area contributed by atoms with Crippen LogP contribution in [-0.4, -0.2) is 31.5 Å². The summed E-state index contributed by atoms with van der Waals surface area (Å²) >= 11 is 6.90. The van der Waals surface area contributed by atoms with E-state index in [9.17, 15) is 4.79 Å². The molecule has 1 aliphatic heterocycles. The first-order valence-electron chi connectivity index (χ1n) is 11.8. The van der Waals surface area contributed by atoms with Gasteiger partial charge in [0.1, 0.15) is 16.7 Å². The molecule has 0 unspecified atom stereocenters.